The van der Waals surface area contributed by atoms with Crippen molar-refractivity contribution in [2.75, 3.05) is 44.7 Å². The van der Waals surface area contributed by atoms with Crippen LogP contribution in [0.25, 0.3) is 0 Å². The van der Waals surface area contributed by atoms with Crippen LogP contribution in [0.4, 0.5) is 10.2 Å². The Balaban J connectivity index is 1.38. The number of fused-ring (bicyclic) bond motifs is 1. The summed E-state index contributed by atoms with van der Waals surface area (Å²) in [6, 6.07) is 8.07. The smallest absolute Gasteiger partial charge is 0.318 e. The summed E-state index contributed by atoms with van der Waals surface area (Å²) in [6.07, 6.45) is 6.15. The zero-order valence-electron chi connectivity index (χ0n) is 24.0. The maximum absolute atomic E-state index is 14.5. The van der Waals surface area contributed by atoms with E-state index in [1.54, 1.807) is 17.0 Å². The first-order valence-electron chi connectivity index (χ1n) is 14.5. The number of amides is 1. The summed E-state index contributed by atoms with van der Waals surface area (Å²) in [5.74, 6) is 1.36. The zero-order valence-corrected chi connectivity index (χ0v) is 24.8. The lowest BCUT2D eigenvalue weighted by atomic mass is 9.98. The Bertz CT molecular complexity index is 1320. The largest absolute Gasteiger partial charge is 0.462 e. The van der Waals surface area contributed by atoms with Gasteiger partial charge in [-0.05, 0) is 75.9 Å². The third-order valence-corrected chi connectivity index (χ3v) is 10.0. The Morgan fingerprint density at radius 3 is 2.90 bits per heavy atom. The van der Waals surface area contributed by atoms with Gasteiger partial charge in [0.2, 0.25) is 5.91 Å². The van der Waals surface area contributed by atoms with E-state index >= 15 is 0 Å². The Morgan fingerprint density at radius 1 is 1.29 bits per heavy atom. The summed E-state index contributed by atoms with van der Waals surface area (Å²) in [7, 11) is 2.12. The first-order chi connectivity index (χ1) is 19.9. The summed E-state index contributed by atoms with van der Waals surface area (Å²) in [4.78, 5) is 28.4. The van der Waals surface area contributed by atoms with Crippen molar-refractivity contribution in [2.24, 2.45) is 0 Å². The topological polar surface area (TPSA) is 85.6 Å². The molecule has 5 rings (SSSR count). The number of nitriles is 1. The predicted octanol–water partition coefficient (Wildman–Crippen LogP) is 4.30. The molecule has 2 saturated heterocycles. The van der Waals surface area contributed by atoms with E-state index in [0.717, 1.165) is 66.2 Å². The van der Waals surface area contributed by atoms with E-state index in [4.69, 9.17) is 14.7 Å². The van der Waals surface area contributed by atoms with Crippen molar-refractivity contribution in [3.05, 3.63) is 59.1 Å². The number of ether oxygens (including phenoxy) is 1. The molecule has 0 saturated carbocycles. The Labute approximate surface area is 246 Å². The monoisotopic (exact) mass is 578 g/mol. The molecular formula is C31H39FN6O2S. The van der Waals surface area contributed by atoms with Gasteiger partial charge in [0.05, 0.1) is 18.5 Å². The molecule has 218 valence electrons. The molecule has 0 radical (unpaired) electrons. The van der Waals surface area contributed by atoms with E-state index in [0.29, 0.717) is 50.0 Å². The van der Waals surface area contributed by atoms with Gasteiger partial charge in [0.25, 0.3) is 0 Å². The van der Waals surface area contributed by atoms with Crippen LogP contribution in [0.2, 0.25) is 0 Å². The van der Waals surface area contributed by atoms with Crippen molar-refractivity contribution in [1.82, 2.24) is 19.8 Å². The number of benzene rings is 1. The highest BCUT2D eigenvalue weighted by atomic mass is 32.2. The molecule has 41 heavy (non-hydrogen) atoms. The Kier molecular flexibility index (Phi) is 9.46. The number of piperazine rings is 1. The highest BCUT2D eigenvalue weighted by Crippen LogP contribution is 2.35. The number of likely N-dealkylation sites (N-methyl/N-ethyl adjacent to an activating group) is 1. The second-order valence-electron chi connectivity index (χ2n) is 11.2. The number of rotatable bonds is 9. The molecule has 8 nitrogen and oxygen atoms in total. The van der Waals surface area contributed by atoms with Crippen LogP contribution in [0.15, 0.2) is 30.9 Å². The molecule has 2 unspecified atom stereocenters. The van der Waals surface area contributed by atoms with Crippen molar-refractivity contribution in [2.45, 2.75) is 68.5 Å². The van der Waals surface area contributed by atoms with Crippen molar-refractivity contribution in [1.29, 1.82) is 5.26 Å². The summed E-state index contributed by atoms with van der Waals surface area (Å²) in [5, 5.41) is 9.79. The summed E-state index contributed by atoms with van der Waals surface area (Å²) in [5.41, 5.74) is 3.86. The highest BCUT2D eigenvalue weighted by Gasteiger charge is 2.32. The van der Waals surface area contributed by atoms with Crippen LogP contribution in [0.1, 0.15) is 48.1 Å². The van der Waals surface area contributed by atoms with Crippen LogP contribution < -0.4 is 9.64 Å². The van der Waals surface area contributed by atoms with Gasteiger partial charge in [-0.3, -0.25) is 4.79 Å². The fourth-order valence-electron chi connectivity index (χ4n) is 6.22. The maximum Gasteiger partial charge on any atom is 0.318 e. The van der Waals surface area contributed by atoms with E-state index < -0.39 is 0 Å². The molecule has 10 heteroatoms. The average molecular weight is 579 g/mol. The lowest BCUT2D eigenvalue weighted by molar-refractivity contribution is -0.128. The molecule has 4 heterocycles. The first kappa shape index (κ1) is 29.3. The number of aryl methyl sites for hydroxylation is 1. The average Bonchev–Trinajstić information content (AvgIpc) is 3.39. The minimum Gasteiger partial charge on any atom is -0.462 e. The van der Waals surface area contributed by atoms with Crippen LogP contribution in [-0.2, 0) is 23.4 Å². The molecule has 3 aliphatic heterocycles. The second-order valence-corrected chi connectivity index (χ2v) is 12.5. The number of likely N-dealkylation sites (tertiary alicyclic amines) is 1. The molecule has 2 aromatic rings. The minimum atomic E-state index is -0.257. The first-order valence-corrected chi connectivity index (χ1v) is 15.6. The van der Waals surface area contributed by atoms with E-state index in [1.807, 2.05) is 24.8 Å². The number of nitrogens with zero attached hydrogens (tertiary/aromatic N) is 6. The summed E-state index contributed by atoms with van der Waals surface area (Å²) in [6.45, 7) is 8.82. The molecular weight excluding hydrogens is 539 g/mol. The molecule has 3 aliphatic rings. The summed E-state index contributed by atoms with van der Waals surface area (Å²) < 4.78 is 20.7. The van der Waals surface area contributed by atoms with Gasteiger partial charge in [-0.2, -0.15) is 22.0 Å². The van der Waals surface area contributed by atoms with E-state index in [1.165, 1.54) is 6.08 Å². The molecule has 0 bridgehead atoms. The molecule has 0 spiro atoms. The van der Waals surface area contributed by atoms with Gasteiger partial charge >= 0.3 is 6.01 Å². The molecule has 1 amide bonds. The highest BCUT2D eigenvalue weighted by molar-refractivity contribution is 7.99. The van der Waals surface area contributed by atoms with Gasteiger partial charge in [-0.1, -0.05) is 18.7 Å². The summed E-state index contributed by atoms with van der Waals surface area (Å²) >= 11 is 1.88. The van der Waals surface area contributed by atoms with Crippen LogP contribution in [0.5, 0.6) is 6.01 Å². The maximum atomic E-state index is 14.5. The van der Waals surface area contributed by atoms with Gasteiger partial charge < -0.3 is 19.4 Å². The fourth-order valence-corrected chi connectivity index (χ4v) is 7.48. The van der Waals surface area contributed by atoms with Gasteiger partial charge in [0, 0.05) is 47.9 Å². The van der Waals surface area contributed by atoms with Crippen LogP contribution in [0.3, 0.4) is 0 Å². The van der Waals surface area contributed by atoms with Gasteiger partial charge in [0.15, 0.2) is 0 Å². The number of hydrogen-bond donors (Lipinski definition) is 0. The van der Waals surface area contributed by atoms with E-state index in [-0.39, 0.29) is 24.2 Å². The van der Waals surface area contributed by atoms with Crippen molar-refractivity contribution in [3.63, 3.8) is 0 Å². The third kappa shape index (κ3) is 6.68. The SMILES string of the molecule is C=CC(=O)N1CCN(c2nc(OCC3CCCN3C)nc(C)c2CC[C@@H]2Cc3c(F)cccc3CS2)CC1CC#N. The predicted molar refractivity (Wildman–Crippen MR) is 160 cm³/mol. The van der Waals surface area contributed by atoms with Crippen molar-refractivity contribution in [3.8, 4) is 12.1 Å². The van der Waals surface area contributed by atoms with Crippen LogP contribution in [0, 0.1) is 24.1 Å². The molecule has 1 aromatic heterocycles. The van der Waals surface area contributed by atoms with E-state index in [2.05, 4.69) is 29.5 Å². The number of anilines is 1. The number of thioether (sulfide) groups is 1. The number of carbonyl (C=O) groups is 1. The molecule has 0 aliphatic carbocycles. The number of aromatic nitrogens is 2. The van der Waals surface area contributed by atoms with Crippen LogP contribution in [-0.4, -0.2) is 82.8 Å². The quantitative estimate of drug-likeness (QED) is 0.407. The van der Waals surface area contributed by atoms with E-state index in [9.17, 15) is 14.4 Å². The van der Waals surface area contributed by atoms with Gasteiger partial charge in [-0.15, -0.1) is 0 Å². The number of carbonyl (C=O) groups excluding carboxylic acids is 1. The van der Waals surface area contributed by atoms with Crippen molar-refractivity contribution < 1.29 is 13.9 Å². The zero-order chi connectivity index (χ0) is 28.9. The molecule has 3 atom stereocenters. The standard InChI is InChI=1S/C31H39FN6O2S/c1-4-29(39)38-16-15-37(18-23(38)12-13-33)30-26(11-10-25-17-27-22(20-41-25)7-5-9-28(27)32)21(2)34-31(35-30)40-19-24-8-6-14-36(24)3/h4-5,7,9,23-25H,1,6,8,10-12,14-20H2,2-3H3/t23?,24?,25-/m1/s1. The number of halogens is 1. The minimum absolute atomic E-state index is 0.113. The molecule has 0 N–H and O–H groups in total. The van der Waals surface area contributed by atoms with Crippen LogP contribution >= 0.6 is 11.8 Å². The van der Waals surface area contributed by atoms with Crippen molar-refractivity contribution >= 4 is 23.5 Å². The number of hydrogen-bond acceptors (Lipinski definition) is 8. The van der Waals surface area contributed by atoms with Gasteiger partial charge in [0.1, 0.15) is 18.2 Å². The van der Waals surface area contributed by atoms with Gasteiger partial charge in [-0.25, -0.2) is 9.37 Å². The Hall–Kier alpha value is -3.16. The lowest BCUT2D eigenvalue weighted by Gasteiger charge is -2.41. The molecule has 1 aromatic carbocycles. The second kappa shape index (κ2) is 13.2. The normalized spacial score (nSPS) is 22.7. The molecule has 2 fully saturated rings. The Morgan fingerprint density at radius 2 is 2.15 bits per heavy atom. The fraction of sp³-hybridized carbons (Fsp3) is 0.548. The third-order valence-electron chi connectivity index (χ3n) is 8.65. The lowest BCUT2D eigenvalue weighted by Crippen LogP contribution is -2.55.